The Labute approximate surface area is 162 Å². The Morgan fingerprint density at radius 3 is 2.68 bits per heavy atom. The van der Waals surface area contributed by atoms with Gasteiger partial charge in [0.05, 0.1) is 23.9 Å². The molecule has 6 nitrogen and oxygen atoms in total. The van der Waals surface area contributed by atoms with Crippen LogP contribution < -0.4 is 0 Å². The van der Waals surface area contributed by atoms with Crippen molar-refractivity contribution in [1.29, 1.82) is 5.26 Å². The van der Waals surface area contributed by atoms with Crippen LogP contribution in [0.2, 0.25) is 0 Å². The number of para-hydroxylation sites is 1. The van der Waals surface area contributed by atoms with Crippen molar-refractivity contribution in [1.82, 2.24) is 9.78 Å². The molecule has 0 N–H and O–H groups in total. The van der Waals surface area contributed by atoms with E-state index < -0.39 is 5.97 Å². The van der Waals surface area contributed by atoms with E-state index in [0.717, 1.165) is 5.69 Å². The first-order chi connectivity index (χ1) is 13.6. The van der Waals surface area contributed by atoms with E-state index in [1.54, 1.807) is 36.0 Å². The molecule has 0 radical (unpaired) electrons. The number of aromatic nitrogens is 2. The Hall–Kier alpha value is -3.98. The largest absolute Gasteiger partial charge is 0.461 e. The predicted molar refractivity (Wildman–Crippen MR) is 104 cm³/mol. The summed E-state index contributed by atoms with van der Waals surface area (Å²) in [6, 6.07) is 17.8. The highest BCUT2D eigenvalue weighted by atomic mass is 16.5. The molecule has 0 atom stereocenters. The highest BCUT2D eigenvalue weighted by molar-refractivity contribution is 6.07. The third kappa shape index (κ3) is 4.22. The van der Waals surface area contributed by atoms with Crippen molar-refractivity contribution in [2.24, 2.45) is 0 Å². The molecule has 0 aliphatic heterocycles. The zero-order chi connectivity index (χ0) is 19.9. The Bertz CT molecular complexity index is 1080. The fraction of sp³-hybridized carbons (Fsp3) is 0.0909. The first kappa shape index (κ1) is 18.8. The quantitative estimate of drug-likeness (QED) is 0.374. The van der Waals surface area contributed by atoms with E-state index in [1.165, 1.54) is 18.2 Å². The number of ketones is 1. The summed E-state index contributed by atoms with van der Waals surface area (Å²) in [5, 5.41) is 13.3. The summed E-state index contributed by atoms with van der Waals surface area (Å²) in [4.78, 5) is 24.7. The SMILES string of the molecule is CCOC(=O)c1nn(-c2ccccc2)cc1/C=C/C(=O)c1cccc(C#N)c1. The molecule has 0 saturated carbocycles. The number of esters is 1. The summed E-state index contributed by atoms with van der Waals surface area (Å²) in [5.74, 6) is -0.838. The monoisotopic (exact) mass is 371 g/mol. The lowest BCUT2D eigenvalue weighted by Gasteiger charge is -2.00. The lowest BCUT2D eigenvalue weighted by molar-refractivity contribution is 0.0518. The zero-order valence-corrected chi connectivity index (χ0v) is 15.2. The third-order valence-corrected chi connectivity index (χ3v) is 3.92. The molecule has 0 fully saturated rings. The molecule has 6 heteroatoms. The molecule has 1 aromatic heterocycles. The summed E-state index contributed by atoms with van der Waals surface area (Å²) in [5.41, 5.74) is 2.17. The van der Waals surface area contributed by atoms with Crippen molar-refractivity contribution in [3.8, 4) is 11.8 Å². The van der Waals surface area contributed by atoms with Crippen molar-refractivity contribution in [2.45, 2.75) is 6.92 Å². The number of hydrogen-bond donors (Lipinski definition) is 0. The van der Waals surface area contributed by atoms with Gasteiger partial charge in [0.2, 0.25) is 0 Å². The van der Waals surface area contributed by atoms with E-state index >= 15 is 0 Å². The van der Waals surface area contributed by atoms with Crippen LogP contribution in [0.15, 0.2) is 66.9 Å². The van der Waals surface area contributed by atoms with Crippen LogP contribution in [0, 0.1) is 11.3 Å². The van der Waals surface area contributed by atoms with Crippen LogP contribution in [0.4, 0.5) is 0 Å². The molecule has 0 aliphatic rings. The lowest BCUT2D eigenvalue weighted by atomic mass is 10.1. The highest BCUT2D eigenvalue weighted by Gasteiger charge is 2.17. The van der Waals surface area contributed by atoms with Crippen molar-refractivity contribution >= 4 is 17.8 Å². The van der Waals surface area contributed by atoms with Gasteiger partial charge in [-0.05, 0) is 43.3 Å². The minimum atomic E-state index is -0.559. The van der Waals surface area contributed by atoms with Gasteiger partial charge >= 0.3 is 5.97 Å². The average molecular weight is 371 g/mol. The van der Waals surface area contributed by atoms with Gasteiger partial charge in [0.1, 0.15) is 0 Å². The number of nitriles is 1. The molecule has 0 amide bonds. The van der Waals surface area contributed by atoms with Crippen LogP contribution in [-0.4, -0.2) is 28.1 Å². The number of ether oxygens (including phenoxy) is 1. The fourth-order valence-corrected chi connectivity index (χ4v) is 2.58. The smallest absolute Gasteiger partial charge is 0.359 e. The van der Waals surface area contributed by atoms with Gasteiger partial charge in [0.15, 0.2) is 11.5 Å². The van der Waals surface area contributed by atoms with Crippen LogP contribution >= 0.6 is 0 Å². The Balaban J connectivity index is 1.94. The van der Waals surface area contributed by atoms with Gasteiger partial charge in [-0.3, -0.25) is 4.79 Å². The van der Waals surface area contributed by atoms with Crippen LogP contribution in [0.5, 0.6) is 0 Å². The van der Waals surface area contributed by atoms with Crippen LogP contribution in [0.25, 0.3) is 11.8 Å². The van der Waals surface area contributed by atoms with Gasteiger partial charge in [-0.1, -0.05) is 30.3 Å². The lowest BCUT2D eigenvalue weighted by Crippen LogP contribution is -2.08. The number of carbonyl (C=O) groups is 2. The standard InChI is InChI=1S/C22H17N3O3/c1-2-28-22(27)21-18(15-25(24-21)19-9-4-3-5-10-19)11-12-20(26)17-8-6-7-16(13-17)14-23/h3-13,15H,2H2,1H3/b12-11+. The van der Waals surface area contributed by atoms with Gasteiger partial charge < -0.3 is 4.74 Å². The molecule has 28 heavy (non-hydrogen) atoms. The van der Waals surface area contributed by atoms with Gasteiger partial charge in [0, 0.05) is 17.3 Å². The normalized spacial score (nSPS) is 10.6. The molecule has 0 unspecified atom stereocenters. The second-order valence-electron chi connectivity index (χ2n) is 5.82. The van der Waals surface area contributed by atoms with E-state index in [4.69, 9.17) is 10.00 Å². The molecule has 1 heterocycles. The van der Waals surface area contributed by atoms with E-state index in [9.17, 15) is 9.59 Å². The fourth-order valence-electron chi connectivity index (χ4n) is 2.58. The maximum absolute atomic E-state index is 12.4. The minimum absolute atomic E-state index is 0.125. The number of carbonyl (C=O) groups excluding carboxylic acids is 2. The Kier molecular flexibility index (Phi) is 5.78. The van der Waals surface area contributed by atoms with E-state index in [2.05, 4.69) is 5.10 Å². The van der Waals surface area contributed by atoms with Crippen LogP contribution in [-0.2, 0) is 4.74 Å². The molecule has 0 spiro atoms. The topological polar surface area (TPSA) is 85.0 Å². The summed E-state index contributed by atoms with van der Waals surface area (Å²) >= 11 is 0. The molecular formula is C22H17N3O3. The molecule has 3 rings (SSSR count). The first-order valence-corrected chi connectivity index (χ1v) is 8.67. The van der Waals surface area contributed by atoms with E-state index in [-0.39, 0.29) is 18.1 Å². The molecule has 0 saturated heterocycles. The Morgan fingerprint density at radius 2 is 1.96 bits per heavy atom. The molecule has 0 bridgehead atoms. The third-order valence-electron chi connectivity index (χ3n) is 3.92. The number of allylic oxidation sites excluding steroid dienone is 1. The van der Waals surface area contributed by atoms with Crippen molar-refractivity contribution in [3.05, 3.63) is 89.3 Å². The van der Waals surface area contributed by atoms with E-state index in [0.29, 0.717) is 16.7 Å². The highest BCUT2D eigenvalue weighted by Crippen LogP contribution is 2.16. The van der Waals surface area contributed by atoms with Crippen molar-refractivity contribution < 1.29 is 14.3 Å². The second kappa shape index (κ2) is 8.60. The van der Waals surface area contributed by atoms with E-state index in [1.807, 2.05) is 36.4 Å². The maximum atomic E-state index is 12.4. The number of nitrogens with zero attached hydrogens (tertiary/aromatic N) is 3. The number of rotatable bonds is 6. The maximum Gasteiger partial charge on any atom is 0.359 e. The Morgan fingerprint density at radius 1 is 1.18 bits per heavy atom. The van der Waals surface area contributed by atoms with Crippen molar-refractivity contribution in [2.75, 3.05) is 6.61 Å². The van der Waals surface area contributed by atoms with Crippen LogP contribution in [0.3, 0.4) is 0 Å². The summed E-state index contributed by atoms with van der Waals surface area (Å²) < 4.78 is 6.63. The first-order valence-electron chi connectivity index (χ1n) is 8.67. The van der Waals surface area contributed by atoms with Gasteiger partial charge in [-0.2, -0.15) is 10.4 Å². The molecule has 3 aromatic rings. The molecule has 0 aliphatic carbocycles. The number of benzene rings is 2. The minimum Gasteiger partial charge on any atom is -0.461 e. The average Bonchev–Trinajstić information content (AvgIpc) is 3.17. The second-order valence-corrected chi connectivity index (χ2v) is 5.82. The number of hydrogen-bond acceptors (Lipinski definition) is 5. The van der Waals surface area contributed by atoms with Gasteiger partial charge in [-0.25, -0.2) is 9.48 Å². The van der Waals surface area contributed by atoms with Crippen molar-refractivity contribution in [3.63, 3.8) is 0 Å². The zero-order valence-electron chi connectivity index (χ0n) is 15.2. The van der Waals surface area contributed by atoms with Gasteiger partial charge in [-0.15, -0.1) is 0 Å². The predicted octanol–water partition coefficient (Wildman–Crippen LogP) is 3.82. The molecule has 138 valence electrons. The molecular weight excluding hydrogens is 354 g/mol. The van der Waals surface area contributed by atoms with Crippen LogP contribution in [0.1, 0.15) is 38.9 Å². The summed E-state index contributed by atoms with van der Waals surface area (Å²) in [6.07, 6.45) is 4.54. The van der Waals surface area contributed by atoms with Gasteiger partial charge in [0.25, 0.3) is 0 Å². The summed E-state index contributed by atoms with van der Waals surface area (Å²) in [6.45, 7) is 1.94. The molecule has 2 aromatic carbocycles. The summed E-state index contributed by atoms with van der Waals surface area (Å²) in [7, 11) is 0.